The minimum atomic E-state index is -3.67. The molecule has 3 rings (SSSR count). The number of anilines is 2. The lowest BCUT2D eigenvalue weighted by atomic mass is 10.2. The Morgan fingerprint density at radius 3 is 2.25 bits per heavy atom. The van der Waals surface area contributed by atoms with Crippen LogP contribution in [0.5, 0.6) is 0 Å². The predicted octanol–water partition coefficient (Wildman–Crippen LogP) is 4.84. The van der Waals surface area contributed by atoms with Crippen molar-refractivity contribution in [2.24, 2.45) is 0 Å². The number of halogens is 1. The number of non-ortho nitro benzene ring substituents is 1. The van der Waals surface area contributed by atoms with Crippen LogP contribution in [0.1, 0.15) is 0 Å². The highest BCUT2D eigenvalue weighted by Crippen LogP contribution is 2.27. The highest BCUT2D eigenvalue weighted by molar-refractivity contribution is 9.10. The van der Waals surface area contributed by atoms with Gasteiger partial charge in [-0.05, 0) is 52.3 Å². The van der Waals surface area contributed by atoms with Crippen molar-refractivity contribution in [2.45, 2.75) is 4.90 Å². The number of sulfone groups is 1. The number of hydrogen-bond donors (Lipinski definition) is 0. The van der Waals surface area contributed by atoms with E-state index in [1.807, 2.05) is 0 Å². The Bertz CT molecular complexity index is 1100. The summed E-state index contributed by atoms with van der Waals surface area (Å²) in [4.78, 5) is 16.4. The van der Waals surface area contributed by atoms with E-state index in [2.05, 4.69) is 20.9 Å². The molecule has 0 spiro atoms. The summed E-state index contributed by atoms with van der Waals surface area (Å²) in [7, 11) is -3.67. The van der Waals surface area contributed by atoms with Gasteiger partial charge < -0.3 is 4.90 Å². The fraction of sp³-hybridized carbons (Fsp3) is 0. The molecule has 0 aliphatic carbocycles. The van der Waals surface area contributed by atoms with Gasteiger partial charge in [-0.1, -0.05) is 18.2 Å². The maximum absolute atomic E-state index is 12.6. The SMILES string of the molecule is O=[N+]([O-])c1ccc(N(C=CS(=O)(=O)c2ccccc2)c2ccc(Br)cn2)cc1. The van der Waals surface area contributed by atoms with E-state index in [4.69, 9.17) is 0 Å². The highest BCUT2D eigenvalue weighted by Gasteiger charge is 2.14. The van der Waals surface area contributed by atoms with E-state index in [-0.39, 0.29) is 10.6 Å². The predicted molar refractivity (Wildman–Crippen MR) is 110 cm³/mol. The standard InChI is InChI=1S/C19H14BrN3O4S/c20-15-6-11-19(21-14-15)22(16-7-9-17(10-8-16)23(24)25)12-13-28(26,27)18-4-2-1-3-5-18/h1-14H. The van der Waals surface area contributed by atoms with Crippen LogP contribution in [-0.4, -0.2) is 18.3 Å². The Labute approximate surface area is 170 Å². The second kappa shape index (κ2) is 8.32. The van der Waals surface area contributed by atoms with E-state index in [1.165, 1.54) is 47.5 Å². The molecule has 0 saturated carbocycles. The molecule has 0 aliphatic heterocycles. The topological polar surface area (TPSA) is 93.4 Å². The molecule has 28 heavy (non-hydrogen) atoms. The number of rotatable bonds is 6. The Morgan fingerprint density at radius 2 is 1.68 bits per heavy atom. The normalized spacial score (nSPS) is 11.5. The van der Waals surface area contributed by atoms with Crippen LogP contribution in [0, 0.1) is 10.1 Å². The molecule has 0 bridgehead atoms. The van der Waals surface area contributed by atoms with E-state index in [1.54, 1.807) is 36.5 Å². The molecule has 0 N–H and O–H groups in total. The van der Waals surface area contributed by atoms with Crippen LogP contribution in [0.25, 0.3) is 0 Å². The van der Waals surface area contributed by atoms with E-state index < -0.39 is 14.8 Å². The highest BCUT2D eigenvalue weighted by atomic mass is 79.9. The minimum absolute atomic E-state index is 0.0617. The smallest absolute Gasteiger partial charge is 0.269 e. The molecule has 1 aromatic heterocycles. The summed E-state index contributed by atoms with van der Waals surface area (Å²) in [5.41, 5.74) is 0.466. The first-order valence-electron chi connectivity index (χ1n) is 8.00. The van der Waals surface area contributed by atoms with Crippen molar-refractivity contribution >= 4 is 43.0 Å². The molecular weight excluding hydrogens is 446 g/mol. The van der Waals surface area contributed by atoms with Crippen LogP contribution in [0.3, 0.4) is 0 Å². The average molecular weight is 460 g/mol. The first kappa shape index (κ1) is 19.7. The van der Waals surface area contributed by atoms with Crippen LogP contribution < -0.4 is 4.90 Å². The molecule has 3 aromatic rings. The van der Waals surface area contributed by atoms with Crippen LogP contribution in [0.15, 0.2) is 93.9 Å². The fourth-order valence-electron chi connectivity index (χ4n) is 2.37. The summed E-state index contributed by atoms with van der Waals surface area (Å²) in [6, 6.07) is 17.3. The van der Waals surface area contributed by atoms with Gasteiger partial charge in [0, 0.05) is 34.7 Å². The number of pyridine rings is 1. The monoisotopic (exact) mass is 459 g/mol. The summed E-state index contributed by atoms with van der Waals surface area (Å²) in [6.45, 7) is 0. The lowest BCUT2D eigenvalue weighted by molar-refractivity contribution is -0.384. The Hall–Kier alpha value is -3.04. The van der Waals surface area contributed by atoms with Crippen molar-refractivity contribution in [1.82, 2.24) is 4.98 Å². The van der Waals surface area contributed by atoms with Gasteiger partial charge in [-0.2, -0.15) is 0 Å². The molecule has 7 nitrogen and oxygen atoms in total. The van der Waals surface area contributed by atoms with E-state index in [0.717, 1.165) is 9.88 Å². The Kier molecular flexibility index (Phi) is 5.86. The summed E-state index contributed by atoms with van der Waals surface area (Å²) >= 11 is 3.31. The third-order valence-electron chi connectivity index (χ3n) is 3.76. The fourth-order valence-corrected chi connectivity index (χ4v) is 3.58. The molecule has 0 amide bonds. The quantitative estimate of drug-likeness (QED) is 0.386. The number of benzene rings is 2. The molecule has 0 unspecified atom stereocenters. The second-order valence-electron chi connectivity index (χ2n) is 5.62. The van der Waals surface area contributed by atoms with Crippen molar-refractivity contribution in [3.8, 4) is 0 Å². The first-order chi connectivity index (χ1) is 13.4. The van der Waals surface area contributed by atoms with Gasteiger partial charge in [0.05, 0.1) is 15.2 Å². The summed E-state index contributed by atoms with van der Waals surface area (Å²) in [5, 5.41) is 12.0. The molecule has 0 fully saturated rings. The van der Waals surface area contributed by atoms with Crippen LogP contribution in [0.2, 0.25) is 0 Å². The van der Waals surface area contributed by atoms with Gasteiger partial charge in [-0.3, -0.25) is 10.1 Å². The molecule has 0 atom stereocenters. The number of nitro groups is 1. The van der Waals surface area contributed by atoms with Crippen molar-refractivity contribution in [2.75, 3.05) is 4.90 Å². The zero-order chi connectivity index (χ0) is 20.1. The van der Waals surface area contributed by atoms with Crippen LogP contribution in [0.4, 0.5) is 17.2 Å². The molecule has 0 aliphatic rings. The first-order valence-corrected chi connectivity index (χ1v) is 10.3. The number of aromatic nitrogens is 1. The minimum Gasteiger partial charge on any atom is -0.301 e. The molecule has 0 radical (unpaired) electrons. The molecular formula is C19H14BrN3O4S. The molecule has 1 heterocycles. The van der Waals surface area contributed by atoms with Crippen LogP contribution in [-0.2, 0) is 9.84 Å². The summed E-state index contributed by atoms with van der Waals surface area (Å²) in [5.74, 6) is 0.455. The van der Waals surface area contributed by atoms with Gasteiger partial charge in [-0.25, -0.2) is 13.4 Å². The third kappa shape index (κ3) is 4.62. The van der Waals surface area contributed by atoms with Gasteiger partial charge >= 0.3 is 0 Å². The van der Waals surface area contributed by atoms with Gasteiger partial charge in [0.25, 0.3) is 5.69 Å². The van der Waals surface area contributed by atoms with Crippen molar-refractivity contribution in [1.29, 1.82) is 0 Å². The largest absolute Gasteiger partial charge is 0.301 e. The Balaban J connectivity index is 2.01. The molecule has 0 saturated heterocycles. The van der Waals surface area contributed by atoms with Gasteiger partial charge in [0.2, 0.25) is 9.84 Å². The molecule has 2 aromatic carbocycles. The Morgan fingerprint density at radius 1 is 1.00 bits per heavy atom. The van der Waals surface area contributed by atoms with E-state index >= 15 is 0 Å². The average Bonchev–Trinajstić information content (AvgIpc) is 2.70. The van der Waals surface area contributed by atoms with E-state index in [0.29, 0.717) is 11.5 Å². The summed E-state index contributed by atoms with van der Waals surface area (Å²) in [6.07, 6.45) is 2.95. The van der Waals surface area contributed by atoms with Gasteiger partial charge in [0.1, 0.15) is 5.82 Å². The van der Waals surface area contributed by atoms with Crippen LogP contribution >= 0.6 is 15.9 Å². The van der Waals surface area contributed by atoms with Gasteiger partial charge in [-0.15, -0.1) is 0 Å². The lowest BCUT2D eigenvalue weighted by Gasteiger charge is -2.19. The van der Waals surface area contributed by atoms with Gasteiger partial charge in [0.15, 0.2) is 0 Å². The van der Waals surface area contributed by atoms with Crippen molar-refractivity contribution in [3.63, 3.8) is 0 Å². The third-order valence-corrected chi connectivity index (χ3v) is 5.64. The molecule has 142 valence electrons. The second-order valence-corrected chi connectivity index (χ2v) is 8.37. The number of hydrogen-bond acceptors (Lipinski definition) is 6. The number of nitrogens with zero attached hydrogens (tertiary/aromatic N) is 3. The number of nitro benzene ring substituents is 1. The maximum Gasteiger partial charge on any atom is 0.269 e. The maximum atomic E-state index is 12.6. The summed E-state index contributed by atoms with van der Waals surface area (Å²) < 4.78 is 25.9. The molecule has 9 heteroatoms. The van der Waals surface area contributed by atoms with E-state index in [9.17, 15) is 18.5 Å². The van der Waals surface area contributed by atoms with Crippen molar-refractivity contribution in [3.05, 3.63) is 99.1 Å². The lowest BCUT2D eigenvalue weighted by Crippen LogP contribution is -2.11. The zero-order valence-electron chi connectivity index (χ0n) is 14.3. The zero-order valence-corrected chi connectivity index (χ0v) is 16.7. The van der Waals surface area contributed by atoms with Crippen molar-refractivity contribution < 1.29 is 13.3 Å².